The Hall–Kier alpha value is -3.84. The summed E-state index contributed by atoms with van der Waals surface area (Å²) < 4.78 is 68.4. The number of halogens is 4. The molecule has 13 heteroatoms. The summed E-state index contributed by atoms with van der Waals surface area (Å²) in [7, 11) is 0. The van der Waals surface area contributed by atoms with E-state index >= 15 is 0 Å². The zero-order chi connectivity index (χ0) is 29.8. The van der Waals surface area contributed by atoms with E-state index in [9.17, 15) is 42.2 Å². The summed E-state index contributed by atoms with van der Waals surface area (Å²) in [6, 6.07) is 1.44. The maximum absolute atomic E-state index is 14.9. The number of carbonyl (C=O) groups excluding carboxylic acids is 2. The van der Waals surface area contributed by atoms with Gasteiger partial charge in [-0.2, -0.15) is 13.2 Å². The minimum atomic E-state index is -5.57. The minimum absolute atomic E-state index is 0.0161. The van der Waals surface area contributed by atoms with Crippen molar-refractivity contribution < 1.29 is 43.5 Å². The Morgan fingerprint density at radius 2 is 2.05 bits per heavy atom. The number of carbonyl (C=O) groups is 2. The normalized spacial score (nSPS) is 23.1. The second kappa shape index (κ2) is 8.58. The zero-order valence-corrected chi connectivity index (χ0v) is 21.2. The molecule has 1 aliphatic carbocycles. The van der Waals surface area contributed by atoms with Crippen LogP contribution in [0.5, 0.6) is 0 Å². The van der Waals surface area contributed by atoms with E-state index in [-0.39, 0.29) is 60.4 Å². The number of benzene rings is 1. The van der Waals surface area contributed by atoms with Crippen molar-refractivity contribution in [2.45, 2.75) is 70.2 Å². The summed E-state index contributed by atoms with van der Waals surface area (Å²) in [5, 5.41) is 23.3. The number of rotatable bonds is 3. The SMILES string of the molecule is [2H]C(O)(C(=O)N[C@H]1CCc2c(C)c(F)cc3nc4c(c1c23)Cn1c-4cc2c(c1=O)COC(=O)[C@]2(O)CC)C(F)(F)F. The quantitative estimate of drug-likeness (QED) is 0.259. The summed E-state index contributed by atoms with van der Waals surface area (Å²) in [6.07, 6.45) is -9.91. The third kappa shape index (κ3) is 3.53. The Kier molecular flexibility index (Phi) is 5.39. The monoisotopic (exact) mass is 562 g/mol. The van der Waals surface area contributed by atoms with E-state index < -0.39 is 47.2 Å². The predicted molar refractivity (Wildman–Crippen MR) is 130 cm³/mol. The molecule has 0 bridgehead atoms. The van der Waals surface area contributed by atoms with Crippen LogP contribution in [0.2, 0.25) is 0 Å². The highest BCUT2D eigenvalue weighted by molar-refractivity contribution is 5.94. The van der Waals surface area contributed by atoms with Gasteiger partial charge in [0.1, 0.15) is 12.4 Å². The number of aromatic nitrogens is 2. The second-order valence-electron chi connectivity index (χ2n) is 10.2. The maximum atomic E-state index is 14.9. The number of esters is 1. The molecule has 0 spiro atoms. The largest absolute Gasteiger partial charge is 0.458 e. The van der Waals surface area contributed by atoms with Gasteiger partial charge in [-0.05, 0) is 48.9 Å². The Balaban J connectivity index is 1.60. The van der Waals surface area contributed by atoms with E-state index in [0.29, 0.717) is 27.6 Å². The molecular formula is C27H23F4N3O6. The van der Waals surface area contributed by atoms with Gasteiger partial charge in [0.2, 0.25) is 6.08 Å². The average Bonchev–Trinajstić information content (AvgIpc) is 3.28. The standard InChI is InChI=1S/C27H23F4N3O6/c1-3-26(39)14-6-18-21-12(8-34(18)24(37)13(14)9-40-25(26)38)20-16(33-23(36)22(35)27(29,30)31)5-4-11-10(2)15(28)7-17(32-21)19(11)20/h6-7,16,22,35,39H,3-5,8-9H2,1-2H3,(H,33,36)/t16-,22?,26-/m0/s1/i22D. The molecule has 2 aromatic heterocycles. The first-order chi connectivity index (χ1) is 19.1. The zero-order valence-electron chi connectivity index (χ0n) is 22.2. The van der Waals surface area contributed by atoms with Gasteiger partial charge in [0, 0.05) is 22.6 Å². The summed E-state index contributed by atoms with van der Waals surface area (Å²) in [4.78, 5) is 43.2. The van der Waals surface area contributed by atoms with Gasteiger partial charge in [0.25, 0.3) is 11.5 Å². The third-order valence-electron chi connectivity index (χ3n) is 8.17. The molecule has 4 heterocycles. The Bertz CT molecular complexity index is 1770. The van der Waals surface area contributed by atoms with Gasteiger partial charge in [-0.25, -0.2) is 14.2 Å². The maximum Gasteiger partial charge on any atom is 0.423 e. The minimum Gasteiger partial charge on any atom is -0.458 e. The first-order valence-corrected chi connectivity index (χ1v) is 12.5. The summed E-state index contributed by atoms with van der Waals surface area (Å²) >= 11 is 0. The van der Waals surface area contributed by atoms with E-state index in [1.807, 2.05) is 0 Å². The van der Waals surface area contributed by atoms with Crippen LogP contribution in [-0.2, 0) is 39.5 Å². The molecule has 40 heavy (non-hydrogen) atoms. The van der Waals surface area contributed by atoms with E-state index in [1.54, 1.807) is 13.8 Å². The van der Waals surface area contributed by atoms with Gasteiger partial charge in [-0.1, -0.05) is 6.92 Å². The van der Waals surface area contributed by atoms with Crippen molar-refractivity contribution in [3.63, 3.8) is 0 Å². The van der Waals surface area contributed by atoms with Crippen molar-refractivity contribution in [1.29, 1.82) is 0 Å². The number of aliphatic hydroxyl groups is 2. The predicted octanol–water partition coefficient (Wildman–Crippen LogP) is 2.55. The fourth-order valence-corrected chi connectivity index (χ4v) is 6.05. The summed E-state index contributed by atoms with van der Waals surface area (Å²) in [5.41, 5.74) is -0.619. The van der Waals surface area contributed by atoms with Gasteiger partial charge >= 0.3 is 12.1 Å². The van der Waals surface area contributed by atoms with Crippen LogP contribution in [0.4, 0.5) is 17.6 Å². The molecule has 1 amide bonds. The number of hydrogen-bond donors (Lipinski definition) is 3. The van der Waals surface area contributed by atoms with Crippen molar-refractivity contribution in [3.8, 4) is 11.4 Å². The molecule has 1 aromatic carbocycles. The first kappa shape index (κ1) is 25.1. The number of cyclic esters (lactones) is 1. The lowest BCUT2D eigenvalue weighted by Crippen LogP contribution is -2.45. The number of hydrogen-bond acceptors (Lipinski definition) is 7. The summed E-state index contributed by atoms with van der Waals surface area (Å²) in [6.45, 7) is 2.59. The fourth-order valence-electron chi connectivity index (χ4n) is 6.05. The highest BCUT2D eigenvalue weighted by Gasteiger charge is 2.47. The molecule has 6 rings (SSSR count). The highest BCUT2D eigenvalue weighted by atomic mass is 19.4. The third-order valence-corrected chi connectivity index (χ3v) is 8.17. The molecule has 9 nitrogen and oxygen atoms in total. The highest BCUT2D eigenvalue weighted by Crippen LogP contribution is 2.46. The molecule has 3 aromatic rings. The van der Waals surface area contributed by atoms with Crippen LogP contribution in [0.25, 0.3) is 22.3 Å². The van der Waals surface area contributed by atoms with Gasteiger partial charge in [-0.15, -0.1) is 0 Å². The fraction of sp³-hybridized carbons (Fsp3) is 0.407. The second-order valence-corrected chi connectivity index (χ2v) is 10.2. The molecular weight excluding hydrogens is 538 g/mol. The van der Waals surface area contributed by atoms with Gasteiger partial charge in [0.05, 0.1) is 36.4 Å². The number of ether oxygens (including phenoxy) is 1. The number of nitrogens with one attached hydrogen (secondary N) is 1. The topological polar surface area (TPSA) is 131 Å². The smallest absolute Gasteiger partial charge is 0.423 e. The molecule has 0 radical (unpaired) electrons. The van der Waals surface area contributed by atoms with Crippen LogP contribution >= 0.6 is 0 Å². The summed E-state index contributed by atoms with van der Waals surface area (Å²) in [5.74, 6) is -3.48. The molecule has 210 valence electrons. The van der Waals surface area contributed by atoms with Crippen molar-refractivity contribution in [2.75, 3.05) is 0 Å². The van der Waals surface area contributed by atoms with Crippen molar-refractivity contribution >= 4 is 22.8 Å². The molecule has 1 unspecified atom stereocenters. The van der Waals surface area contributed by atoms with Crippen LogP contribution in [0.1, 0.15) is 60.6 Å². The molecule has 2 aliphatic heterocycles. The molecule has 0 saturated carbocycles. The lowest BCUT2D eigenvalue weighted by molar-refractivity contribution is -0.205. The Morgan fingerprint density at radius 3 is 2.73 bits per heavy atom. The number of aryl methyl sites for hydroxylation is 1. The van der Waals surface area contributed by atoms with E-state index in [1.165, 1.54) is 10.6 Å². The van der Waals surface area contributed by atoms with E-state index in [0.717, 1.165) is 6.07 Å². The van der Waals surface area contributed by atoms with Gasteiger partial charge in [0.15, 0.2) is 5.60 Å². The van der Waals surface area contributed by atoms with Crippen LogP contribution in [0, 0.1) is 12.7 Å². The van der Waals surface area contributed by atoms with Gasteiger partial charge < -0.3 is 24.8 Å². The molecule has 3 aliphatic rings. The van der Waals surface area contributed by atoms with E-state index in [4.69, 9.17) is 6.11 Å². The van der Waals surface area contributed by atoms with Gasteiger partial charge in [-0.3, -0.25) is 9.59 Å². The number of alkyl halides is 3. The number of amides is 1. The van der Waals surface area contributed by atoms with Crippen molar-refractivity contribution in [2.24, 2.45) is 0 Å². The van der Waals surface area contributed by atoms with Crippen LogP contribution in [-0.4, -0.2) is 43.9 Å². The molecule has 3 N–H and O–H groups in total. The van der Waals surface area contributed by atoms with Crippen LogP contribution < -0.4 is 10.9 Å². The van der Waals surface area contributed by atoms with E-state index in [2.05, 4.69) is 10.3 Å². The molecule has 3 atom stereocenters. The van der Waals surface area contributed by atoms with Crippen LogP contribution in [0.15, 0.2) is 16.9 Å². The van der Waals surface area contributed by atoms with Crippen molar-refractivity contribution in [3.05, 3.63) is 61.7 Å². The average molecular weight is 562 g/mol. The molecule has 0 fully saturated rings. The van der Waals surface area contributed by atoms with Crippen LogP contribution in [0.3, 0.4) is 0 Å². The lowest BCUT2D eigenvalue weighted by Gasteiger charge is -2.31. The van der Waals surface area contributed by atoms with Crippen molar-refractivity contribution in [1.82, 2.24) is 14.9 Å². The molecule has 0 saturated heterocycles. The first-order valence-electron chi connectivity index (χ1n) is 13.0. The number of nitrogens with zero attached hydrogens (tertiary/aromatic N) is 2. The lowest BCUT2D eigenvalue weighted by atomic mass is 9.81. The number of fused-ring (bicyclic) bond motifs is 5. The number of pyridine rings is 2. The Labute approximate surface area is 224 Å². The Morgan fingerprint density at radius 1 is 1.32 bits per heavy atom.